The number of carbonyl (C=O) groups is 1. The average molecular weight is 750 g/mol. The van der Waals surface area contributed by atoms with E-state index in [0.29, 0.717) is 0 Å². The molecule has 0 amide bonds. The summed E-state index contributed by atoms with van der Waals surface area (Å²) in [6, 6.07) is 25.5. The number of benzene rings is 3. The number of aliphatic hydroxyl groups is 1. The van der Waals surface area contributed by atoms with Crippen LogP contribution < -0.4 is 0 Å². The summed E-state index contributed by atoms with van der Waals surface area (Å²) in [5, 5.41) is 15.2. The third-order valence-electron chi connectivity index (χ3n) is 6.92. The van der Waals surface area contributed by atoms with E-state index in [1.807, 2.05) is 12.4 Å². The van der Waals surface area contributed by atoms with Gasteiger partial charge in [-0.3, -0.25) is 14.8 Å². The molecule has 6 rings (SSSR count). The van der Waals surface area contributed by atoms with Crippen LogP contribution in [0.1, 0.15) is 45.7 Å². The second-order valence-corrected chi connectivity index (χ2v) is 12.3. The van der Waals surface area contributed by atoms with Gasteiger partial charge < -0.3 is 5.11 Å². The van der Waals surface area contributed by atoms with Gasteiger partial charge in [-0.25, -0.2) is 0 Å². The SMILES string of the molecule is CC(=O)/C=C(/C)O.Cc1cnc2c(c1)c(-c1ccc(-c3cccc4cc(C(C)(C)C)ccc34)cn1)[c-]c1ccsc12.[Ir]. The van der Waals surface area contributed by atoms with E-state index in [1.165, 1.54) is 46.5 Å². The Balaban J connectivity index is 0.000000454. The first-order chi connectivity index (χ1) is 19.5. The number of ketones is 1. The molecule has 4 nitrogen and oxygen atoms in total. The van der Waals surface area contributed by atoms with Crippen molar-refractivity contribution in [1.82, 2.24) is 9.97 Å². The largest absolute Gasteiger partial charge is 0.512 e. The fourth-order valence-corrected chi connectivity index (χ4v) is 5.79. The summed E-state index contributed by atoms with van der Waals surface area (Å²) in [7, 11) is 0. The molecule has 3 aromatic heterocycles. The zero-order valence-corrected chi connectivity index (χ0v) is 27.8. The Hall–Kier alpha value is -3.70. The van der Waals surface area contributed by atoms with E-state index in [9.17, 15) is 4.79 Å². The number of carbonyl (C=O) groups excluding carboxylic acids is 1. The molecule has 1 radical (unpaired) electrons. The number of thiophene rings is 1. The molecular formula is C36H33IrN2O2S-. The monoisotopic (exact) mass is 750 g/mol. The van der Waals surface area contributed by atoms with Gasteiger partial charge in [-0.2, -0.15) is 11.3 Å². The molecule has 0 aliphatic heterocycles. The zero-order chi connectivity index (χ0) is 29.3. The minimum atomic E-state index is -0.125. The molecule has 215 valence electrons. The van der Waals surface area contributed by atoms with E-state index < -0.39 is 0 Å². The van der Waals surface area contributed by atoms with Crippen molar-refractivity contribution in [2.24, 2.45) is 0 Å². The first-order valence-corrected chi connectivity index (χ1v) is 14.5. The summed E-state index contributed by atoms with van der Waals surface area (Å²) in [5.41, 5.74) is 7.90. The molecule has 0 saturated heterocycles. The Morgan fingerprint density at radius 3 is 2.38 bits per heavy atom. The number of rotatable bonds is 3. The van der Waals surface area contributed by atoms with Crippen LogP contribution in [-0.2, 0) is 30.3 Å². The van der Waals surface area contributed by atoms with Gasteiger partial charge in [0.15, 0.2) is 5.78 Å². The minimum Gasteiger partial charge on any atom is -0.512 e. The number of allylic oxidation sites excluding steroid dienone is 2. The number of aromatic nitrogens is 2. The minimum absolute atomic E-state index is 0. The van der Waals surface area contributed by atoms with Crippen LogP contribution >= 0.6 is 11.3 Å². The number of hydrogen-bond donors (Lipinski definition) is 1. The Morgan fingerprint density at radius 2 is 1.74 bits per heavy atom. The fourth-order valence-electron chi connectivity index (χ4n) is 4.93. The number of hydrogen-bond acceptors (Lipinski definition) is 5. The summed E-state index contributed by atoms with van der Waals surface area (Å²) in [5.74, 6) is -0.0625. The summed E-state index contributed by atoms with van der Waals surface area (Å²) >= 11 is 1.72. The van der Waals surface area contributed by atoms with Crippen LogP contribution in [0, 0.1) is 13.0 Å². The fraction of sp³-hybridized carbons (Fsp3) is 0.194. The summed E-state index contributed by atoms with van der Waals surface area (Å²) < 4.78 is 1.18. The Kier molecular flexibility index (Phi) is 9.42. The third kappa shape index (κ3) is 6.68. The van der Waals surface area contributed by atoms with Gasteiger partial charge in [0.05, 0.1) is 5.76 Å². The van der Waals surface area contributed by atoms with Crippen molar-refractivity contribution in [2.45, 2.75) is 47.0 Å². The van der Waals surface area contributed by atoms with Gasteiger partial charge in [0.1, 0.15) is 0 Å². The maximum atomic E-state index is 10.0. The van der Waals surface area contributed by atoms with Crippen LogP contribution in [0.2, 0.25) is 0 Å². The van der Waals surface area contributed by atoms with E-state index in [1.54, 1.807) is 11.3 Å². The van der Waals surface area contributed by atoms with Crippen LogP contribution in [-0.4, -0.2) is 20.9 Å². The van der Waals surface area contributed by atoms with Gasteiger partial charge in [-0.1, -0.05) is 86.3 Å². The molecule has 0 atom stereocenters. The molecular weight excluding hydrogens is 717 g/mol. The van der Waals surface area contributed by atoms with Gasteiger partial charge >= 0.3 is 0 Å². The zero-order valence-electron chi connectivity index (χ0n) is 24.6. The molecule has 0 aliphatic carbocycles. The average Bonchev–Trinajstić information content (AvgIpc) is 3.40. The molecule has 0 unspecified atom stereocenters. The summed E-state index contributed by atoms with van der Waals surface area (Å²) in [6.07, 6.45) is 5.09. The van der Waals surface area contributed by atoms with Crippen molar-refractivity contribution in [1.29, 1.82) is 0 Å². The molecule has 0 aliphatic rings. The van der Waals surface area contributed by atoms with Crippen molar-refractivity contribution in [3.8, 4) is 22.4 Å². The van der Waals surface area contributed by atoms with E-state index in [-0.39, 0.29) is 37.1 Å². The van der Waals surface area contributed by atoms with Gasteiger partial charge in [0, 0.05) is 49.8 Å². The van der Waals surface area contributed by atoms with Crippen LogP contribution in [0.4, 0.5) is 0 Å². The van der Waals surface area contributed by atoms with Crippen LogP contribution in [0.5, 0.6) is 0 Å². The maximum Gasteiger partial charge on any atom is 0.155 e. The van der Waals surface area contributed by atoms with Gasteiger partial charge in [0.25, 0.3) is 0 Å². The van der Waals surface area contributed by atoms with Crippen LogP contribution in [0.25, 0.3) is 54.1 Å². The van der Waals surface area contributed by atoms with Gasteiger partial charge in [0.2, 0.25) is 0 Å². The number of fused-ring (bicyclic) bond motifs is 4. The molecule has 3 aromatic carbocycles. The second kappa shape index (κ2) is 12.7. The number of aliphatic hydroxyl groups excluding tert-OH is 1. The molecule has 0 saturated carbocycles. The molecule has 0 fully saturated rings. The van der Waals surface area contributed by atoms with E-state index in [4.69, 9.17) is 15.1 Å². The van der Waals surface area contributed by atoms with Crippen LogP contribution in [0.3, 0.4) is 0 Å². The summed E-state index contributed by atoms with van der Waals surface area (Å²) in [4.78, 5) is 19.7. The van der Waals surface area contributed by atoms with E-state index >= 15 is 0 Å². The van der Waals surface area contributed by atoms with Crippen molar-refractivity contribution < 1.29 is 30.0 Å². The Morgan fingerprint density at radius 1 is 0.952 bits per heavy atom. The molecule has 0 spiro atoms. The molecule has 1 N–H and O–H groups in total. The summed E-state index contributed by atoms with van der Waals surface area (Å²) in [6.45, 7) is 11.7. The van der Waals surface area contributed by atoms with Crippen molar-refractivity contribution >= 4 is 48.9 Å². The van der Waals surface area contributed by atoms with Crippen LogP contribution in [0.15, 0.2) is 90.3 Å². The smallest absolute Gasteiger partial charge is 0.155 e. The van der Waals surface area contributed by atoms with Crippen molar-refractivity contribution in [2.75, 3.05) is 0 Å². The third-order valence-corrected chi connectivity index (χ3v) is 7.84. The molecule has 42 heavy (non-hydrogen) atoms. The quantitative estimate of drug-likeness (QED) is 0.111. The molecule has 6 heteroatoms. The molecule has 6 aromatic rings. The Labute approximate surface area is 264 Å². The van der Waals surface area contributed by atoms with Crippen molar-refractivity contribution in [3.05, 3.63) is 107 Å². The van der Waals surface area contributed by atoms with Gasteiger partial charge in [-0.05, 0) is 69.3 Å². The first-order valence-electron chi connectivity index (χ1n) is 13.6. The standard InChI is InChI=1S/C31H25N2S.C5H8O2.Ir/c1-19-14-27-26(16-21-12-13-34-30(21)29(27)33-17-19)28-11-8-22(18-32-28)24-7-5-6-20-15-23(31(2,3)4)9-10-25(20)24;1-4(6)3-5(2)7;/h5-15,17-18H,1-4H3;3,6H,1-2H3;/q-1;;/b;4-3-;. The van der Waals surface area contributed by atoms with E-state index in [2.05, 4.69) is 99.8 Å². The van der Waals surface area contributed by atoms with Gasteiger partial charge in [-0.15, -0.1) is 17.5 Å². The van der Waals surface area contributed by atoms with Crippen molar-refractivity contribution in [3.63, 3.8) is 0 Å². The molecule has 3 heterocycles. The first kappa shape index (κ1) is 31.2. The Bertz CT molecular complexity index is 1930. The maximum absolute atomic E-state index is 10.0. The number of aryl methyl sites for hydroxylation is 1. The number of pyridine rings is 2. The predicted octanol–water partition coefficient (Wildman–Crippen LogP) is 9.77. The molecule has 0 bridgehead atoms. The normalized spacial score (nSPS) is 11.7. The number of nitrogens with zero attached hydrogens (tertiary/aromatic N) is 2. The predicted molar refractivity (Wildman–Crippen MR) is 173 cm³/mol. The van der Waals surface area contributed by atoms with E-state index in [0.717, 1.165) is 38.7 Å². The topological polar surface area (TPSA) is 63.1 Å². The second-order valence-electron chi connectivity index (χ2n) is 11.4.